The lowest BCUT2D eigenvalue weighted by atomic mass is 10.2. The first-order valence-corrected chi connectivity index (χ1v) is 12.1. The molecule has 4 heterocycles. The molecular weight excluding hydrogens is 424 g/mol. The van der Waals surface area contributed by atoms with Crippen LogP contribution in [0.4, 0.5) is 0 Å². The second kappa shape index (κ2) is 9.57. The van der Waals surface area contributed by atoms with E-state index >= 15 is 0 Å². The predicted octanol–water partition coefficient (Wildman–Crippen LogP) is 3.46. The Kier molecular flexibility index (Phi) is 6.35. The summed E-state index contributed by atoms with van der Waals surface area (Å²) in [5.74, 6) is 0.856. The van der Waals surface area contributed by atoms with Crippen LogP contribution in [0.1, 0.15) is 30.8 Å². The van der Waals surface area contributed by atoms with Crippen molar-refractivity contribution in [2.24, 2.45) is 0 Å². The number of ether oxygens (including phenoxy) is 2. The maximum atomic E-state index is 6.21. The fourth-order valence-electron chi connectivity index (χ4n) is 4.68. The van der Waals surface area contributed by atoms with Crippen LogP contribution in [0.3, 0.4) is 0 Å². The van der Waals surface area contributed by atoms with Crippen molar-refractivity contribution in [3.05, 3.63) is 74.6 Å². The van der Waals surface area contributed by atoms with E-state index in [1.54, 1.807) is 0 Å². The van der Waals surface area contributed by atoms with Crippen molar-refractivity contribution in [1.82, 2.24) is 19.9 Å². The standard InChI is InChI=1S/C28H34N4O2/c1-18(2)34-27-17-26(30-25(27)16-24-19(3)15-20(4)29-24)28-22(9-10-32-11-13-33-14-12-32)21-7-5-6-8-23(21)31-28/h5-9,15-18,29-31H,10-14H2,1-4H3/b22-9?,25-16?,28-26-. The highest BCUT2D eigenvalue weighted by molar-refractivity contribution is 5.81. The Balaban J connectivity index is 1.74. The molecule has 34 heavy (non-hydrogen) atoms. The Labute approximate surface area is 199 Å². The minimum Gasteiger partial charge on any atom is -0.489 e. The average Bonchev–Trinajstić information content (AvgIpc) is 3.48. The number of morpholine rings is 1. The Hall–Kier alpha value is -3.22. The van der Waals surface area contributed by atoms with E-state index in [-0.39, 0.29) is 6.10 Å². The largest absolute Gasteiger partial charge is 0.489 e. The van der Waals surface area contributed by atoms with E-state index in [9.17, 15) is 0 Å². The van der Waals surface area contributed by atoms with Gasteiger partial charge in [-0.3, -0.25) is 4.90 Å². The van der Waals surface area contributed by atoms with Crippen LogP contribution >= 0.6 is 0 Å². The van der Waals surface area contributed by atoms with Gasteiger partial charge in [-0.15, -0.1) is 0 Å². The molecule has 0 atom stereocenters. The zero-order valence-electron chi connectivity index (χ0n) is 20.5. The lowest BCUT2D eigenvalue weighted by Crippen LogP contribution is -2.36. The summed E-state index contributed by atoms with van der Waals surface area (Å²) in [5.41, 5.74) is 4.59. The number of aromatic nitrogens is 3. The minimum absolute atomic E-state index is 0.0809. The van der Waals surface area contributed by atoms with Crippen LogP contribution in [0.5, 0.6) is 5.75 Å². The minimum atomic E-state index is 0.0809. The van der Waals surface area contributed by atoms with Crippen molar-refractivity contribution in [2.45, 2.75) is 33.8 Å². The van der Waals surface area contributed by atoms with Gasteiger partial charge in [0, 0.05) is 53.2 Å². The molecule has 1 fully saturated rings. The van der Waals surface area contributed by atoms with Crippen molar-refractivity contribution >= 4 is 23.1 Å². The van der Waals surface area contributed by atoms with E-state index in [1.165, 1.54) is 16.2 Å². The molecule has 4 aromatic rings. The normalized spacial score (nSPS) is 17.3. The van der Waals surface area contributed by atoms with E-state index in [0.717, 1.165) is 71.5 Å². The number of rotatable bonds is 5. The van der Waals surface area contributed by atoms with Crippen LogP contribution in [-0.2, 0) is 4.74 Å². The maximum absolute atomic E-state index is 6.21. The average molecular weight is 459 g/mol. The van der Waals surface area contributed by atoms with Gasteiger partial charge in [-0.05, 0) is 51.5 Å². The molecule has 178 valence electrons. The Morgan fingerprint density at radius 3 is 2.59 bits per heavy atom. The number of nitrogens with zero attached hydrogens (tertiary/aromatic N) is 1. The summed E-state index contributed by atoms with van der Waals surface area (Å²) in [6.45, 7) is 12.8. The number of H-pyrrole nitrogens is 3. The molecule has 0 spiro atoms. The lowest BCUT2D eigenvalue weighted by Gasteiger charge is -2.25. The van der Waals surface area contributed by atoms with Gasteiger partial charge < -0.3 is 24.4 Å². The number of hydrogen-bond donors (Lipinski definition) is 3. The van der Waals surface area contributed by atoms with E-state index in [4.69, 9.17) is 9.47 Å². The van der Waals surface area contributed by atoms with Gasteiger partial charge in [0.15, 0.2) is 0 Å². The lowest BCUT2D eigenvalue weighted by molar-refractivity contribution is 0.0449. The molecule has 0 saturated carbocycles. The van der Waals surface area contributed by atoms with Gasteiger partial charge in [0.05, 0.1) is 35.4 Å². The van der Waals surface area contributed by atoms with Gasteiger partial charge in [-0.2, -0.15) is 0 Å². The second-order valence-corrected chi connectivity index (χ2v) is 9.40. The third kappa shape index (κ3) is 4.69. The predicted molar refractivity (Wildman–Crippen MR) is 137 cm³/mol. The highest BCUT2D eigenvalue weighted by atomic mass is 16.5. The SMILES string of the molecule is Cc1cc(C)c(C=c2[nH]/c(=c3\[nH]c4ccccc4c3=CCN3CCOCC3)cc2OC(C)C)[nH]1. The molecule has 0 amide bonds. The van der Waals surface area contributed by atoms with E-state index < -0.39 is 0 Å². The molecule has 1 aliphatic rings. The van der Waals surface area contributed by atoms with Crippen LogP contribution in [0.15, 0.2) is 36.4 Å². The molecule has 3 N–H and O–H groups in total. The van der Waals surface area contributed by atoms with E-state index in [0.29, 0.717) is 0 Å². The summed E-state index contributed by atoms with van der Waals surface area (Å²) in [7, 11) is 0. The van der Waals surface area contributed by atoms with Gasteiger partial charge in [-0.1, -0.05) is 24.3 Å². The summed E-state index contributed by atoms with van der Waals surface area (Å²) in [5, 5.41) is 5.52. The van der Waals surface area contributed by atoms with Gasteiger partial charge in [0.25, 0.3) is 0 Å². The van der Waals surface area contributed by atoms with Crippen molar-refractivity contribution < 1.29 is 9.47 Å². The molecule has 1 aromatic carbocycles. The van der Waals surface area contributed by atoms with Gasteiger partial charge in [-0.25, -0.2) is 0 Å². The zero-order chi connectivity index (χ0) is 23.7. The fourth-order valence-corrected chi connectivity index (χ4v) is 4.68. The van der Waals surface area contributed by atoms with Gasteiger partial charge in [0.2, 0.25) is 0 Å². The number of para-hydroxylation sites is 1. The molecule has 0 radical (unpaired) electrons. The van der Waals surface area contributed by atoms with Crippen LogP contribution in [0.25, 0.3) is 23.1 Å². The molecule has 0 unspecified atom stereocenters. The molecule has 0 bridgehead atoms. The third-order valence-electron chi connectivity index (χ3n) is 6.32. The molecule has 1 aliphatic heterocycles. The Morgan fingerprint density at radius 1 is 1.06 bits per heavy atom. The monoisotopic (exact) mass is 458 g/mol. The number of fused-ring (bicyclic) bond motifs is 1. The molecule has 1 saturated heterocycles. The highest BCUT2D eigenvalue weighted by Gasteiger charge is 2.10. The van der Waals surface area contributed by atoms with Crippen molar-refractivity contribution in [3.8, 4) is 5.75 Å². The number of benzene rings is 1. The molecule has 3 aromatic heterocycles. The molecule has 6 heteroatoms. The first-order valence-electron chi connectivity index (χ1n) is 12.1. The summed E-state index contributed by atoms with van der Waals surface area (Å²) >= 11 is 0. The fraction of sp³-hybridized carbons (Fsp3) is 0.357. The summed E-state index contributed by atoms with van der Waals surface area (Å²) in [6.07, 6.45) is 4.56. The summed E-state index contributed by atoms with van der Waals surface area (Å²) in [6, 6.07) is 12.8. The molecular formula is C28H34N4O2. The number of aryl methyl sites for hydroxylation is 2. The first kappa shape index (κ1) is 22.6. The van der Waals surface area contributed by atoms with Crippen LogP contribution < -0.4 is 15.3 Å². The smallest absolute Gasteiger partial charge is 0.145 e. The maximum Gasteiger partial charge on any atom is 0.145 e. The first-order chi connectivity index (χ1) is 16.5. The van der Waals surface area contributed by atoms with E-state index in [2.05, 4.69) is 96.1 Å². The Bertz CT molecular complexity index is 1500. The second-order valence-electron chi connectivity index (χ2n) is 9.40. The quantitative estimate of drug-likeness (QED) is 0.429. The summed E-state index contributed by atoms with van der Waals surface area (Å²) < 4.78 is 11.7. The Morgan fingerprint density at radius 2 is 1.85 bits per heavy atom. The van der Waals surface area contributed by atoms with E-state index in [1.807, 2.05) is 0 Å². The topological polar surface area (TPSA) is 69.1 Å². The number of aromatic amines is 3. The number of nitrogens with one attached hydrogen (secondary N) is 3. The van der Waals surface area contributed by atoms with Crippen LogP contribution in [0.2, 0.25) is 0 Å². The molecule has 0 aliphatic carbocycles. The van der Waals surface area contributed by atoms with Crippen molar-refractivity contribution in [2.75, 3.05) is 32.8 Å². The van der Waals surface area contributed by atoms with Gasteiger partial charge >= 0.3 is 0 Å². The zero-order valence-corrected chi connectivity index (χ0v) is 20.5. The van der Waals surface area contributed by atoms with Crippen LogP contribution in [-0.4, -0.2) is 58.8 Å². The van der Waals surface area contributed by atoms with Crippen LogP contribution in [0, 0.1) is 24.5 Å². The highest BCUT2D eigenvalue weighted by Crippen LogP contribution is 2.13. The molecule has 6 nitrogen and oxygen atoms in total. The number of hydrogen-bond acceptors (Lipinski definition) is 3. The summed E-state index contributed by atoms with van der Waals surface area (Å²) in [4.78, 5) is 13.2. The van der Waals surface area contributed by atoms with Crippen molar-refractivity contribution in [3.63, 3.8) is 0 Å². The van der Waals surface area contributed by atoms with Gasteiger partial charge in [0.1, 0.15) is 5.75 Å². The molecule has 5 rings (SSSR count). The van der Waals surface area contributed by atoms with Crippen molar-refractivity contribution in [1.29, 1.82) is 0 Å². The third-order valence-corrected chi connectivity index (χ3v) is 6.32.